The lowest BCUT2D eigenvalue weighted by Gasteiger charge is -2.04. The molecule has 0 saturated carbocycles. The zero-order valence-corrected chi connectivity index (χ0v) is 11.5. The molecule has 0 atom stereocenters. The van der Waals surface area contributed by atoms with Gasteiger partial charge in [0.25, 0.3) is 0 Å². The van der Waals surface area contributed by atoms with E-state index in [1.807, 2.05) is 6.07 Å². The van der Waals surface area contributed by atoms with E-state index >= 15 is 0 Å². The van der Waals surface area contributed by atoms with Crippen molar-refractivity contribution in [2.24, 2.45) is 0 Å². The van der Waals surface area contributed by atoms with Gasteiger partial charge in [0.15, 0.2) is 5.78 Å². The summed E-state index contributed by atoms with van der Waals surface area (Å²) in [6, 6.07) is 14.7. The normalized spacial score (nSPS) is 9.71. The third-order valence-corrected chi connectivity index (χ3v) is 2.93. The lowest BCUT2D eigenvalue weighted by atomic mass is 10.0. The number of ketones is 1. The fraction of sp³-hybridized carbons (Fsp3) is 0.118. The summed E-state index contributed by atoms with van der Waals surface area (Å²) in [6.45, 7) is 2.05. The van der Waals surface area contributed by atoms with Crippen LogP contribution in [0.5, 0.6) is 0 Å². The number of nitriles is 1. The molecule has 0 saturated heterocycles. The van der Waals surface area contributed by atoms with Crippen molar-refractivity contribution in [1.29, 1.82) is 5.26 Å². The molecule has 0 bridgehead atoms. The Morgan fingerprint density at radius 1 is 0.952 bits per heavy atom. The molecule has 0 unspecified atom stereocenters. The molecule has 0 radical (unpaired) electrons. The number of hydrogen-bond donors (Lipinski definition) is 0. The van der Waals surface area contributed by atoms with E-state index in [1.165, 1.54) is 0 Å². The van der Waals surface area contributed by atoms with Crippen LogP contribution < -0.4 is 0 Å². The van der Waals surface area contributed by atoms with E-state index in [2.05, 4.69) is 0 Å². The van der Waals surface area contributed by atoms with Gasteiger partial charge in [-0.05, 0) is 43.3 Å². The van der Waals surface area contributed by atoms with Crippen LogP contribution in [0.1, 0.15) is 38.8 Å². The van der Waals surface area contributed by atoms with Gasteiger partial charge in [-0.1, -0.05) is 12.1 Å². The summed E-state index contributed by atoms with van der Waals surface area (Å²) in [6.07, 6.45) is 0. The third-order valence-electron chi connectivity index (χ3n) is 2.93. The highest BCUT2D eigenvalue weighted by atomic mass is 16.5. The van der Waals surface area contributed by atoms with Gasteiger partial charge in [-0.15, -0.1) is 0 Å². The number of benzene rings is 2. The molecule has 2 rings (SSSR count). The minimum absolute atomic E-state index is 0.158. The van der Waals surface area contributed by atoms with Crippen LogP contribution in [-0.2, 0) is 4.74 Å². The molecule has 0 aliphatic heterocycles. The number of esters is 1. The molecule has 4 heteroatoms. The summed E-state index contributed by atoms with van der Waals surface area (Å²) in [5.41, 5.74) is 1.89. The number of hydrogen-bond acceptors (Lipinski definition) is 4. The second-order valence-corrected chi connectivity index (χ2v) is 4.32. The second-order valence-electron chi connectivity index (χ2n) is 4.32. The van der Waals surface area contributed by atoms with E-state index in [1.54, 1.807) is 55.5 Å². The van der Waals surface area contributed by atoms with Crippen molar-refractivity contribution in [3.63, 3.8) is 0 Å². The summed E-state index contributed by atoms with van der Waals surface area (Å²) >= 11 is 0. The summed E-state index contributed by atoms with van der Waals surface area (Å²) in [5.74, 6) is -0.565. The summed E-state index contributed by atoms with van der Waals surface area (Å²) in [7, 11) is 0. The molecule has 0 aliphatic rings. The molecule has 0 N–H and O–H groups in total. The maximum atomic E-state index is 12.3. The van der Waals surface area contributed by atoms with Gasteiger partial charge in [0.2, 0.25) is 0 Å². The Hall–Kier alpha value is -2.93. The van der Waals surface area contributed by atoms with Crippen LogP contribution >= 0.6 is 0 Å². The van der Waals surface area contributed by atoms with Crippen molar-refractivity contribution in [2.45, 2.75) is 6.92 Å². The standard InChI is InChI=1S/C17H13NO3/c1-2-21-17(20)15-9-7-14(8-10-15)16(19)13-5-3-12(11-18)4-6-13/h3-10H,2H2,1H3. The highest BCUT2D eigenvalue weighted by molar-refractivity contribution is 6.09. The van der Waals surface area contributed by atoms with Gasteiger partial charge in [0, 0.05) is 11.1 Å². The summed E-state index contributed by atoms with van der Waals surface area (Å²) in [5, 5.41) is 8.73. The zero-order chi connectivity index (χ0) is 15.2. The number of rotatable bonds is 4. The largest absolute Gasteiger partial charge is 0.462 e. The van der Waals surface area contributed by atoms with Crippen LogP contribution in [0.4, 0.5) is 0 Å². The Balaban J connectivity index is 2.19. The number of nitrogens with zero attached hydrogens (tertiary/aromatic N) is 1. The first-order valence-corrected chi connectivity index (χ1v) is 6.47. The first-order chi connectivity index (χ1) is 10.2. The minimum Gasteiger partial charge on any atom is -0.462 e. The average molecular weight is 279 g/mol. The molecule has 0 fully saturated rings. The van der Waals surface area contributed by atoms with Crippen molar-refractivity contribution >= 4 is 11.8 Å². The molecular formula is C17H13NO3. The average Bonchev–Trinajstić information content (AvgIpc) is 2.54. The smallest absolute Gasteiger partial charge is 0.338 e. The predicted molar refractivity (Wildman–Crippen MR) is 77.0 cm³/mol. The van der Waals surface area contributed by atoms with E-state index in [0.717, 1.165) is 0 Å². The summed E-state index contributed by atoms with van der Waals surface area (Å²) in [4.78, 5) is 23.8. The van der Waals surface area contributed by atoms with E-state index in [0.29, 0.717) is 28.9 Å². The topological polar surface area (TPSA) is 67.2 Å². The molecule has 0 heterocycles. The maximum absolute atomic E-state index is 12.3. The molecule has 4 nitrogen and oxygen atoms in total. The van der Waals surface area contributed by atoms with Crippen LogP contribution in [0.3, 0.4) is 0 Å². The van der Waals surface area contributed by atoms with Crippen molar-refractivity contribution in [1.82, 2.24) is 0 Å². The highest BCUT2D eigenvalue weighted by Crippen LogP contribution is 2.13. The lowest BCUT2D eigenvalue weighted by Crippen LogP contribution is -2.06. The van der Waals surface area contributed by atoms with Gasteiger partial charge in [-0.2, -0.15) is 5.26 Å². The molecule has 0 spiro atoms. The Labute approximate surface area is 122 Å². The monoisotopic (exact) mass is 279 g/mol. The van der Waals surface area contributed by atoms with Crippen LogP contribution in [0.15, 0.2) is 48.5 Å². The Kier molecular flexibility index (Phi) is 4.47. The van der Waals surface area contributed by atoms with E-state index in [-0.39, 0.29) is 5.78 Å². The Morgan fingerprint density at radius 3 is 1.90 bits per heavy atom. The molecule has 21 heavy (non-hydrogen) atoms. The SMILES string of the molecule is CCOC(=O)c1ccc(C(=O)c2ccc(C#N)cc2)cc1. The maximum Gasteiger partial charge on any atom is 0.338 e. The van der Waals surface area contributed by atoms with Crippen LogP contribution in [0.25, 0.3) is 0 Å². The highest BCUT2D eigenvalue weighted by Gasteiger charge is 2.11. The molecule has 104 valence electrons. The molecule has 0 aromatic heterocycles. The first kappa shape index (κ1) is 14.5. The fourth-order valence-electron chi connectivity index (χ4n) is 1.83. The van der Waals surface area contributed by atoms with Crippen molar-refractivity contribution in [3.8, 4) is 6.07 Å². The zero-order valence-electron chi connectivity index (χ0n) is 11.5. The molecule has 2 aromatic carbocycles. The first-order valence-electron chi connectivity index (χ1n) is 6.47. The molecular weight excluding hydrogens is 266 g/mol. The van der Waals surface area contributed by atoms with E-state index in [9.17, 15) is 9.59 Å². The van der Waals surface area contributed by atoms with Gasteiger partial charge in [-0.3, -0.25) is 4.79 Å². The van der Waals surface area contributed by atoms with Crippen LogP contribution in [0, 0.1) is 11.3 Å². The van der Waals surface area contributed by atoms with Crippen LogP contribution in [0.2, 0.25) is 0 Å². The third kappa shape index (κ3) is 3.34. The number of ether oxygens (including phenoxy) is 1. The predicted octanol–water partition coefficient (Wildman–Crippen LogP) is 2.97. The number of carbonyl (C=O) groups excluding carboxylic acids is 2. The minimum atomic E-state index is -0.408. The second kappa shape index (κ2) is 6.49. The summed E-state index contributed by atoms with van der Waals surface area (Å²) < 4.78 is 4.88. The van der Waals surface area contributed by atoms with Crippen molar-refractivity contribution in [3.05, 3.63) is 70.8 Å². The van der Waals surface area contributed by atoms with Gasteiger partial charge in [0.05, 0.1) is 23.8 Å². The molecule has 0 amide bonds. The fourth-order valence-corrected chi connectivity index (χ4v) is 1.83. The van der Waals surface area contributed by atoms with Gasteiger partial charge < -0.3 is 4.74 Å². The number of carbonyl (C=O) groups is 2. The lowest BCUT2D eigenvalue weighted by molar-refractivity contribution is 0.0526. The quantitative estimate of drug-likeness (QED) is 0.637. The van der Waals surface area contributed by atoms with E-state index < -0.39 is 5.97 Å². The van der Waals surface area contributed by atoms with Crippen LogP contribution in [-0.4, -0.2) is 18.4 Å². The Bertz CT molecular complexity index is 694. The molecule has 0 aliphatic carbocycles. The van der Waals surface area contributed by atoms with Crippen molar-refractivity contribution in [2.75, 3.05) is 6.61 Å². The van der Waals surface area contributed by atoms with Crippen molar-refractivity contribution < 1.29 is 14.3 Å². The van der Waals surface area contributed by atoms with E-state index in [4.69, 9.17) is 10.00 Å². The Morgan fingerprint density at radius 2 is 1.43 bits per heavy atom. The molecule has 2 aromatic rings. The van der Waals surface area contributed by atoms with Gasteiger partial charge >= 0.3 is 5.97 Å². The van der Waals surface area contributed by atoms with Gasteiger partial charge in [0.1, 0.15) is 0 Å². The van der Waals surface area contributed by atoms with Gasteiger partial charge in [-0.25, -0.2) is 4.79 Å².